The number of amides is 2. The quantitative estimate of drug-likeness (QED) is 0.768. The van der Waals surface area contributed by atoms with Crippen molar-refractivity contribution in [2.24, 2.45) is 0 Å². The van der Waals surface area contributed by atoms with E-state index in [1.807, 2.05) is 25.1 Å². The second-order valence-electron chi connectivity index (χ2n) is 4.90. The number of imidazole rings is 1. The molecule has 116 valence electrons. The zero-order chi connectivity index (χ0) is 16.1. The zero-order valence-electron chi connectivity index (χ0n) is 12.5. The first-order valence-electron chi connectivity index (χ1n) is 6.80. The normalized spacial score (nSPS) is 10.3. The van der Waals surface area contributed by atoms with Gasteiger partial charge in [0.2, 0.25) is 0 Å². The lowest BCUT2D eigenvalue weighted by molar-refractivity contribution is 0.0757. The van der Waals surface area contributed by atoms with Gasteiger partial charge in [0.25, 0.3) is 11.8 Å². The van der Waals surface area contributed by atoms with Crippen molar-refractivity contribution in [3.8, 4) is 0 Å². The fourth-order valence-electron chi connectivity index (χ4n) is 1.98. The SMILES string of the molecule is Cc1cccc(NC(=O)c2nc[nH]c2C(=O)N(C)CCO)c1. The van der Waals surface area contributed by atoms with Crippen LogP contribution in [0, 0.1) is 6.92 Å². The lowest BCUT2D eigenvalue weighted by atomic mass is 10.2. The van der Waals surface area contributed by atoms with E-state index in [-0.39, 0.29) is 24.5 Å². The van der Waals surface area contributed by atoms with Crippen molar-refractivity contribution in [1.29, 1.82) is 0 Å². The van der Waals surface area contributed by atoms with E-state index in [0.29, 0.717) is 5.69 Å². The topological polar surface area (TPSA) is 98.3 Å². The highest BCUT2D eigenvalue weighted by Gasteiger charge is 2.22. The summed E-state index contributed by atoms with van der Waals surface area (Å²) in [6.07, 6.45) is 1.30. The Morgan fingerprint density at radius 1 is 1.41 bits per heavy atom. The molecule has 0 unspecified atom stereocenters. The highest BCUT2D eigenvalue weighted by Crippen LogP contribution is 2.13. The van der Waals surface area contributed by atoms with Gasteiger partial charge in [-0.1, -0.05) is 12.1 Å². The number of rotatable bonds is 5. The summed E-state index contributed by atoms with van der Waals surface area (Å²) >= 11 is 0. The van der Waals surface area contributed by atoms with E-state index in [9.17, 15) is 9.59 Å². The Balaban J connectivity index is 2.18. The molecule has 7 nitrogen and oxygen atoms in total. The molecule has 1 aromatic heterocycles. The molecule has 0 atom stereocenters. The Morgan fingerprint density at radius 2 is 2.18 bits per heavy atom. The van der Waals surface area contributed by atoms with Crippen LogP contribution in [0.25, 0.3) is 0 Å². The van der Waals surface area contributed by atoms with Gasteiger partial charge in [-0.25, -0.2) is 4.98 Å². The smallest absolute Gasteiger partial charge is 0.276 e. The molecule has 0 aliphatic heterocycles. The van der Waals surface area contributed by atoms with Crippen LogP contribution in [0.4, 0.5) is 5.69 Å². The van der Waals surface area contributed by atoms with Crippen molar-refractivity contribution in [3.63, 3.8) is 0 Å². The van der Waals surface area contributed by atoms with Crippen LogP contribution < -0.4 is 5.32 Å². The summed E-state index contributed by atoms with van der Waals surface area (Å²) in [5, 5.41) is 11.6. The molecule has 7 heteroatoms. The maximum Gasteiger partial charge on any atom is 0.276 e. The standard InChI is InChI=1S/C15H18N4O3/c1-10-4-3-5-11(8-10)18-14(21)12-13(17-9-16-12)15(22)19(2)6-7-20/h3-5,8-9,20H,6-7H2,1-2H3,(H,16,17)(H,18,21). The Hall–Kier alpha value is -2.67. The Labute approximate surface area is 128 Å². The highest BCUT2D eigenvalue weighted by atomic mass is 16.3. The summed E-state index contributed by atoms with van der Waals surface area (Å²) in [6, 6.07) is 7.33. The second kappa shape index (κ2) is 6.86. The number of likely N-dealkylation sites (N-methyl/N-ethyl adjacent to an activating group) is 1. The Morgan fingerprint density at radius 3 is 2.86 bits per heavy atom. The number of H-pyrrole nitrogens is 1. The van der Waals surface area contributed by atoms with E-state index in [0.717, 1.165) is 5.56 Å². The molecule has 0 fully saturated rings. The van der Waals surface area contributed by atoms with Crippen molar-refractivity contribution >= 4 is 17.5 Å². The number of hydrogen-bond donors (Lipinski definition) is 3. The maximum absolute atomic E-state index is 12.3. The van der Waals surface area contributed by atoms with Crippen molar-refractivity contribution in [1.82, 2.24) is 14.9 Å². The van der Waals surface area contributed by atoms with Crippen molar-refractivity contribution in [2.45, 2.75) is 6.92 Å². The summed E-state index contributed by atoms with van der Waals surface area (Å²) in [7, 11) is 1.54. The van der Waals surface area contributed by atoms with Gasteiger partial charge in [-0.3, -0.25) is 9.59 Å². The van der Waals surface area contributed by atoms with Crippen LogP contribution in [0.15, 0.2) is 30.6 Å². The molecular formula is C15H18N4O3. The third kappa shape index (κ3) is 3.50. The first-order chi connectivity index (χ1) is 10.5. The van der Waals surface area contributed by atoms with Crippen LogP contribution in [0.3, 0.4) is 0 Å². The first-order valence-corrected chi connectivity index (χ1v) is 6.80. The number of aromatic amines is 1. The third-order valence-electron chi connectivity index (χ3n) is 3.13. The second-order valence-corrected chi connectivity index (χ2v) is 4.90. The number of nitrogens with one attached hydrogen (secondary N) is 2. The van der Waals surface area contributed by atoms with Crippen LogP contribution in [0.2, 0.25) is 0 Å². The van der Waals surface area contributed by atoms with Crippen LogP contribution in [-0.2, 0) is 0 Å². The molecule has 3 N–H and O–H groups in total. The minimum absolute atomic E-state index is 0.0243. The Kier molecular flexibility index (Phi) is 4.90. The van der Waals surface area contributed by atoms with E-state index in [1.165, 1.54) is 11.2 Å². The van der Waals surface area contributed by atoms with Crippen LogP contribution in [0.5, 0.6) is 0 Å². The van der Waals surface area contributed by atoms with Gasteiger partial charge in [-0.2, -0.15) is 0 Å². The van der Waals surface area contributed by atoms with Gasteiger partial charge in [0.1, 0.15) is 5.69 Å². The summed E-state index contributed by atoms with van der Waals surface area (Å²) < 4.78 is 0. The van der Waals surface area contributed by atoms with E-state index >= 15 is 0 Å². The predicted molar refractivity (Wildman–Crippen MR) is 81.8 cm³/mol. The molecule has 0 aliphatic rings. The number of aliphatic hydroxyl groups excluding tert-OH is 1. The zero-order valence-corrected chi connectivity index (χ0v) is 12.5. The molecule has 2 aromatic rings. The molecule has 0 saturated carbocycles. The molecule has 0 bridgehead atoms. The highest BCUT2D eigenvalue weighted by molar-refractivity contribution is 6.10. The van der Waals surface area contributed by atoms with Crippen LogP contribution >= 0.6 is 0 Å². The van der Waals surface area contributed by atoms with E-state index in [4.69, 9.17) is 5.11 Å². The van der Waals surface area contributed by atoms with Gasteiger partial charge in [0.15, 0.2) is 5.69 Å². The third-order valence-corrected chi connectivity index (χ3v) is 3.13. The fourth-order valence-corrected chi connectivity index (χ4v) is 1.98. The molecule has 22 heavy (non-hydrogen) atoms. The number of aliphatic hydroxyl groups is 1. The number of nitrogens with zero attached hydrogens (tertiary/aromatic N) is 2. The molecule has 0 spiro atoms. The number of hydrogen-bond acceptors (Lipinski definition) is 4. The van der Waals surface area contributed by atoms with Crippen molar-refractivity contribution < 1.29 is 14.7 Å². The lowest BCUT2D eigenvalue weighted by Crippen LogP contribution is -2.31. The molecule has 0 radical (unpaired) electrons. The van der Waals surface area contributed by atoms with Crippen LogP contribution in [0.1, 0.15) is 26.5 Å². The maximum atomic E-state index is 12.3. The molecule has 1 heterocycles. The van der Waals surface area contributed by atoms with E-state index < -0.39 is 11.8 Å². The number of aromatic nitrogens is 2. The minimum atomic E-state index is -0.465. The molecule has 2 rings (SSSR count). The number of carbonyl (C=O) groups excluding carboxylic acids is 2. The molecule has 1 aromatic carbocycles. The van der Waals surface area contributed by atoms with E-state index in [1.54, 1.807) is 13.1 Å². The number of anilines is 1. The van der Waals surface area contributed by atoms with Gasteiger partial charge in [0, 0.05) is 19.3 Å². The Bertz CT molecular complexity index is 681. The minimum Gasteiger partial charge on any atom is -0.395 e. The van der Waals surface area contributed by atoms with Gasteiger partial charge < -0.3 is 20.3 Å². The van der Waals surface area contributed by atoms with Gasteiger partial charge in [0.05, 0.1) is 12.9 Å². The van der Waals surface area contributed by atoms with Crippen LogP contribution in [-0.4, -0.2) is 52.0 Å². The number of aryl methyl sites for hydroxylation is 1. The molecule has 0 aliphatic carbocycles. The lowest BCUT2D eigenvalue weighted by Gasteiger charge is -2.15. The number of benzene rings is 1. The summed E-state index contributed by atoms with van der Waals surface area (Å²) in [5.41, 5.74) is 1.77. The monoisotopic (exact) mass is 302 g/mol. The summed E-state index contributed by atoms with van der Waals surface area (Å²) in [4.78, 5) is 32.4. The largest absolute Gasteiger partial charge is 0.395 e. The number of carbonyl (C=O) groups is 2. The molecule has 2 amide bonds. The average Bonchev–Trinajstić information content (AvgIpc) is 2.96. The van der Waals surface area contributed by atoms with Gasteiger partial charge >= 0.3 is 0 Å². The summed E-state index contributed by atoms with van der Waals surface area (Å²) in [6.45, 7) is 1.95. The van der Waals surface area contributed by atoms with Gasteiger partial charge in [-0.05, 0) is 24.6 Å². The molecule has 0 saturated heterocycles. The predicted octanol–water partition coefficient (Wildman–Crippen LogP) is 1.03. The van der Waals surface area contributed by atoms with E-state index in [2.05, 4.69) is 15.3 Å². The summed E-state index contributed by atoms with van der Waals surface area (Å²) in [5.74, 6) is -0.867. The average molecular weight is 302 g/mol. The van der Waals surface area contributed by atoms with Crippen molar-refractivity contribution in [3.05, 3.63) is 47.5 Å². The first kappa shape index (κ1) is 15.7. The van der Waals surface area contributed by atoms with Gasteiger partial charge in [-0.15, -0.1) is 0 Å². The van der Waals surface area contributed by atoms with Crippen molar-refractivity contribution in [2.75, 3.05) is 25.5 Å². The fraction of sp³-hybridized carbons (Fsp3) is 0.267. The molecular weight excluding hydrogens is 284 g/mol.